The summed E-state index contributed by atoms with van der Waals surface area (Å²) in [6.07, 6.45) is 0.367. The van der Waals surface area contributed by atoms with Crippen molar-refractivity contribution in [2.75, 3.05) is 19.8 Å². The maximum Gasteiger partial charge on any atom is 0.266 e. The number of hydrogen-bond donors (Lipinski definition) is 3. The number of halogens is 5. The van der Waals surface area contributed by atoms with Crippen molar-refractivity contribution in [2.45, 2.75) is 30.9 Å². The topological polar surface area (TPSA) is 92.2 Å². The number of aliphatic imine (C=N–C) groups is 1. The number of carbonyl (C=O) groups is 1. The van der Waals surface area contributed by atoms with Crippen molar-refractivity contribution in [3.63, 3.8) is 0 Å². The number of nitrogens with one attached hydrogen (secondary N) is 2. The summed E-state index contributed by atoms with van der Waals surface area (Å²) in [5.41, 5.74) is 7.41. The molecule has 1 heterocycles. The number of hydrazine groups is 1. The van der Waals surface area contributed by atoms with Crippen LogP contribution < -0.4 is 15.6 Å². The standard InChI is InChI=1S/C34H30BrCl4N3O4/c35-24-7-2-21(3-8-24)20-34(33(44)42-40-15-14-22-4-9-25(36)18-29(22)38)31(28-13-10-26(37)19-30(28)39)46-32(41-34)23-5-11-27(12-6-23)45-17-1-16-43/h2-13,18-19,31,40,43H,1,14-17,20H2,(H,42,44)/t31-,34-/m0/s1. The van der Waals surface area contributed by atoms with Crippen molar-refractivity contribution in [3.8, 4) is 5.75 Å². The minimum atomic E-state index is -1.47. The Labute approximate surface area is 295 Å². The molecule has 0 aliphatic carbocycles. The summed E-state index contributed by atoms with van der Waals surface area (Å²) >= 11 is 28.9. The monoisotopic (exact) mass is 763 g/mol. The van der Waals surface area contributed by atoms with Crippen molar-refractivity contribution in [1.29, 1.82) is 0 Å². The van der Waals surface area contributed by atoms with Crippen LogP contribution in [-0.2, 0) is 22.4 Å². The fourth-order valence-electron chi connectivity index (χ4n) is 5.06. The number of nitrogens with zero attached hydrogens (tertiary/aromatic N) is 1. The molecule has 0 unspecified atom stereocenters. The van der Waals surface area contributed by atoms with Crippen LogP contribution in [0, 0.1) is 0 Å². The summed E-state index contributed by atoms with van der Waals surface area (Å²) in [5.74, 6) is 0.502. The van der Waals surface area contributed by atoms with Gasteiger partial charge in [0.15, 0.2) is 11.6 Å². The minimum absolute atomic E-state index is 0.0453. The molecule has 12 heteroatoms. The van der Waals surface area contributed by atoms with Gasteiger partial charge in [-0.3, -0.25) is 10.2 Å². The quantitative estimate of drug-likeness (QED) is 0.0944. The third kappa shape index (κ3) is 8.36. The van der Waals surface area contributed by atoms with Gasteiger partial charge in [0.1, 0.15) is 5.75 Å². The highest BCUT2D eigenvalue weighted by Gasteiger charge is 2.54. The highest BCUT2D eigenvalue weighted by molar-refractivity contribution is 9.10. The van der Waals surface area contributed by atoms with E-state index in [2.05, 4.69) is 26.8 Å². The lowest BCUT2D eigenvalue weighted by atomic mass is 9.82. The molecule has 0 aromatic heterocycles. The van der Waals surface area contributed by atoms with E-state index in [1.165, 1.54) is 0 Å². The Hall–Kier alpha value is -2.82. The number of aliphatic hydroxyl groups is 1. The number of rotatable bonds is 13. The molecule has 3 N–H and O–H groups in total. The van der Waals surface area contributed by atoms with Crippen molar-refractivity contribution < 1.29 is 19.4 Å². The van der Waals surface area contributed by atoms with Crippen LogP contribution in [0.1, 0.15) is 34.8 Å². The van der Waals surface area contributed by atoms with E-state index in [0.717, 1.165) is 15.6 Å². The second-order valence-corrected chi connectivity index (χ2v) is 13.2. The molecule has 240 valence electrons. The van der Waals surface area contributed by atoms with Gasteiger partial charge in [-0.05, 0) is 78.2 Å². The number of amides is 1. The Bertz CT molecular complexity index is 1710. The third-order valence-corrected chi connectivity index (χ3v) is 9.08. The Balaban J connectivity index is 1.49. The van der Waals surface area contributed by atoms with Crippen LogP contribution in [0.5, 0.6) is 5.75 Å². The molecule has 5 rings (SSSR count). The summed E-state index contributed by atoms with van der Waals surface area (Å²) in [6.45, 7) is 0.824. The molecular weight excluding hydrogens is 736 g/mol. The van der Waals surface area contributed by atoms with Crippen LogP contribution in [0.4, 0.5) is 0 Å². The molecule has 0 fully saturated rings. The minimum Gasteiger partial charge on any atom is -0.494 e. The summed E-state index contributed by atoms with van der Waals surface area (Å²) in [7, 11) is 0. The molecule has 1 amide bonds. The van der Waals surface area contributed by atoms with E-state index in [-0.39, 0.29) is 18.9 Å². The smallest absolute Gasteiger partial charge is 0.266 e. The van der Waals surface area contributed by atoms with E-state index < -0.39 is 17.6 Å². The second-order valence-electron chi connectivity index (χ2n) is 10.6. The van der Waals surface area contributed by atoms with Gasteiger partial charge < -0.3 is 14.6 Å². The van der Waals surface area contributed by atoms with Crippen molar-refractivity contribution >= 4 is 74.1 Å². The van der Waals surface area contributed by atoms with Crippen molar-refractivity contribution in [3.05, 3.63) is 132 Å². The molecule has 0 radical (unpaired) electrons. The first-order chi connectivity index (χ1) is 22.2. The fourth-order valence-corrected chi connectivity index (χ4v) is 6.33. The van der Waals surface area contributed by atoms with Gasteiger partial charge in [-0.15, -0.1) is 0 Å². The highest BCUT2D eigenvalue weighted by Crippen LogP contribution is 2.45. The SMILES string of the molecule is O=C(NNCCc1ccc(Cl)cc1Cl)[C@@]1(Cc2ccc(Br)cc2)N=C(c2ccc(OCCCO)cc2)O[C@H]1c1ccc(Cl)cc1Cl. The maximum atomic E-state index is 14.4. The van der Waals surface area contributed by atoms with Gasteiger partial charge in [0, 0.05) is 61.7 Å². The fraction of sp³-hybridized carbons (Fsp3) is 0.235. The molecule has 7 nitrogen and oxygen atoms in total. The Morgan fingerprint density at radius 2 is 1.63 bits per heavy atom. The summed E-state index contributed by atoms with van der Waals surface area (Å²) in [6, 6.07) is 25.3. The molecule has 46 heavy (non-hydrogen) atoms. The van der Waals surface area contributed by atoms with Gasteiger partial charge >= 0.3 is 0 Å². The zero-order valence-electron chi connectivity index (χ0n) is 24.4. The van der Waals surface area contributed by atoms with Crippen LogP contribution in [0.25, 0.3) is 0 Å². The number of aliphatic hydroxyl groups excluding tert-OH is 1. The van der Waals surface area contributed by atoms with E-state index >= 15 is 0 Å². The molecule has 0 saturated carbocycles. The van der Waals surface area contributed by atoms with Gasteiger partial charge in [-0.25, -0.2) is 10.4 Å². The average molecular weight is 766 g/mol. The summed E-state index contributed by atoms with van der Waals surface area (Å²) in [4.78, 5) is 19.4. The zero-order chi connectivity index (χ0) is 32.7. The van der Waals surface area contributed by atoms with Gasteiger partial charge in [-0.2, -0.15) is 0 Å². The van der Waals surface area contributed by atoms with E-state index in [1.54, 1.807) is 42.5 Å². The summed E-state index contributed by atoms with van der Waals surface area (Å²) < 4.78 is 13.1. The van der Waals surface area contributed by atoms with Crippen molar-refractivity contribution in [2.24, 2.45) is 4.99 Å². The van der Waals surface area contributed by atoms with E-state index in [9.17, 15) is 4.79 Å². The normalized spacial score (nSPS) is 17.3. The Morgan fingerprint density at radius 1 is 0.935 bits per heavy atom. The number of hydrogen-bond acceptors (Lipinski definition) is 6. The van der Waals surface area contributed by atoms with Gasteiger partial charge in [0.25, 0.3) is 5.91 Å². The lowest BCUT2D eigenvalue weighted by molar-refractivity contribution is -0.130. The largest absolute Gasteiger partial charge is 0.494 e. The Morgan fingerprint density at radius 3 is 2.30 bits per heavy atom. The first-order valence-electron chi connectivity index (χ1n) is 14.5. The lowest BCUT2D eigenvalue weighted by Gasteiger charge is -2.31. The highest BCUT2D eigenvalue weighted by atomic mass is 79.9. The predicted octanol–water partition coefficient (Wildman–Crippen LogP) is 8.19. The van der Waals surface area contributed by atoms with Gasteiger partial charge in [-0.1, -0.05) is 86.6 Å². The summed E-state index contributed by atoms with van der Waals surface area (Å²) in [5, 5.41) is 11.0. The second kappa shape index (κ2) is 15.8. The van der Waals surface area contributed by atoms with Gasteiger partial charge in [0.2, 0.25) is 5.90 Å². The predicted molar refractivity (Wildman–Crippen MR) is 187 cm³/mol. The third-order valence-electron chi connectivity index (χ3n) is 7.40. The molecule has 0 bridgehead atoms. The van der Waals surface area contributed by atoms with E-state index in [4.69, 9.17) is 66.0 Å². The molecule has 4 aromatic carbocycles. The van der Waals surface area contributed by atoms with Crippen LogP contribution >= 0.6 is 62.3 Å². The molecular formula is C34H30BrCl4N3O4. The molecule has 0 spiro atoms. The van der Waals surface area contributed by atoms with Crippen LogP contribution in [0.2, 0.25) is 20.1 Å². The van der Waals surface area contributed by atoms with Gasteiger partial charge in [0.05, 0.1) is 6.61 Å². The van der Waals surface area contributed by atoms with Crippen LogP contribution in [-0.4, -0.2) is 42.2 Å². The first-order valence-corrected chi connectivity index (χ1v) is 16.8. The number of benzene rings is 4. The van der Waals surface area contributed by atoms with Crippen molar-refractivity contribution in [1.82, 2.24) is 10.9 Å². The zero-order valence-corrected chi connectivity index (χ0v) is 29.0. The molecule has 2 atom stereocenters. The molecule has 1 aliphatic heterocycles. The average Bonchev–Trinajstić information content (AvgIpc) is 3.41. The first kappa shape index (κ1) is 34.5. The lowest BCUT2D eigenvalue weighted by Crippen LogP contribution is -2.54. The maximum absolute atomic E-state index is 14.4. The number of carbonyl (C=O) groups excluding carboxylic acids is 1. The number of ether oxygens (including phenoxy) is 2. The molecule has 1 aliphatic rings. The Kier molecular flexibility index (Phi) is 11.9. The van der Waals surface area contributed by atoms with Crippen LogP contribution in [0.3, 0.4) is 0 Å². The molecule has 0 saturated heterocycles. The molecule has 4 aromatic rings. The van der Waals surface area contributed by atoms with Crippen LogP contribution in [0.15, 0.2) is 94.4 Å². The van der Waals surface area contributed by atoms with E-state index in [0.29, 0.717) is 63.0 Å². The van der Waals surface area contributed by atoms with E-state index in [1.807, 2.05) is 42.5 Å².